The van der Waals surface area contributed by atoms with Gasteiger partial charge in [0.25, 0.3) is 5.91 Å². The van der Waals surface area contributed by atoms with Gasteiger partial charge in [0.05, 0.1) is 29.3 Å². The number of pyridine rings is 2. The highest BCUT2D eigenvalue weighted by molar-refractivity contribution is 6.11. The van der Waals surface area contributed by atoms with E-state index in [9.17, 15) is 9.59 Å². The first kappa shape index (κ1) is 19.4. The molecular formula is C23H17N7O2. The van der Waals surface area contributed by atoms with Crippen molar-refractivity contribution < 1.29 is 9.59 Å². The SMILES string of the molecule is N#Cc1ccc(NC(=O)c2n[nH]c3ccc(-c4cncc(NC(=O)C5CC5)c4)cc23)cn1. The number of nitriles is 1. The molecule has 0 saturated heterocycles. The Morgan fingerprint density at radius 3 is 2.62 bits per heavy atom. The topological polar surface area (TPSA) is 136 Å². The molecule has 2 amide bonds. The van der Waals surface area contributed by atoms with E-state index in [4.69, 9.17) is 5.26 Å². The van der Waals surface area contributed by atoms with Gasteiger partial charge in [-0.3, -0.25) is 19.7 Å². The van der Waals surface area contributed by atoms with Crippen LogP contribution in [-0.2, 0) is 4.79 Å². The highest BCUT2D eigenvalue weighted by Gasteiger charge is 2.29. The predicted molar refractivity (Wildman–Crippen MR) is 118 cm³/mol. The van der Waals surface area contributed by atoms with E-state index in [0.717, 1.165) is 24.0 Å². The summed E-state index contributed by atoms with van der Waals surface area (Å²) in [7, 11) is 0. The van der Waals surface area contributed by atoms with Crippen LogP contribution in [0.15, 0.2) is 55.0 Å². The Balaban J connectivity index is 1.41. The van der Waals surface area contributed by atoms with Crippen molar-refractivity contribution in [1.29, 1.82) is 5.26 Å². The lowest BCUT2D eigenvalue weighted by molar-refractivity contribution is -0.117. The minimum atomic E-state index is -0.400. The summed E-state index contributed by atoms with van der Waals surface area (Å²) in [4.78, 5) is 33.0. The third-order valence-electron chi connectivity index (χ3n) is 5.20. The second-order valence-corrected chi connectivity index (χ2v) is 7.56. The quantitative estimate of drug-likeness (QED) is 0.449. The highest BCUT2D eigenvalue weighted by Crippen LogP contribution is 2.31. The van der Waals surface area contributed by atoms with Crippen LogP contribution in [0.5, 0.6) is 0 Å². The average Bonchev–Trinajstić information content (AvgIpc) is 3.59. The van der Waals surface area contributed by atoms with Crippen molar-refractivity contribution in [3.63, 3.8) is 0 Å². The molecule has 0 atom stereocenters. The molecule has 5 rings (SSSR count). The maximum absolute atomic E-state index is 12.8. The number of nitrogens with one attached hydrogen (secondary N) is 3. The van der Waals surface area contributed by atoms with Crippen LogP contribution in [0.3, 0.4) is 0 Å². The molecule has 3 heterocycles. The van der Waals surface area contributed by atoms with Crippen LogP contribution in [-0.4, -0.2) is 32.0 Å². The molecule has 3 aromatic heterocycles. The summed E-state index contributed by atoms with van der Waals surface area (Å²) in [5.41, 5.74) is 3.96. The molecule has 1 aliphatic rings. The molecule has 0 bridgehead atoms. The fraction of sp³-hybridized carbons (Fsp3) is 0.130. The van der Waals surface area contributed by atoms with E-state index < -0.39 is 5.91 Å². The third-order valence-corrected chi connectivity index (χ3v) is 5.20. The molecular weight excluding hydrogens is 406 g/mol. The lowest BCUT2D eigenvalue weighted by atomic mass is 10.0. The van der Waals surface area contributed by atoms with Gasteiger partial charge in [0.2, 0.25) is 5.91 Å². The number of aromatic nitrogens is 4. The predicted octanol–water partition coefficient (Wildman–Crippen LogP) is 3.49. The van der Waals surface area contributed by atoms with E-state index >= 15 is 0 Å². The molecule has 0 unspecified atom stereocenters. The van der Waals surface area contributed by atoms with Crippen LogP contribution < -0.4 is 10.6 Å². The Morgan fingerprint density at radius 1 is 1.00 bits per heavy atom. The Kier molecular flexibility index (Phi) is 4.80. The molecule has 1 saturated carbocycles. The van der Waals surface area contributed by atoms with Gasteiger partial charge >= 0.3 is 0 Å². The van der Waals surface area contributed by atoms with E-state index in [2.05, 4.69) is 30.8 Å². The maximum atomic E-state index is 12.8. The van der Waals surface area contributed by atoms with Crippen LogP contribution in [0.25, 0.3) is 22.0 Å². The number of hydrogen-bond acceptors (Lipinski definition) is 6. The van der Waals surface area contributed by atoms with Crippen LogP contribution in [0, 0.1) is 17.2 Å². The van der Waals surface area contributed by atoms with E-state index in [1.165, 1.54) is 12.3 Å². The van der Waals surface area contributed by atoms with Gasteiger partial charge in [0, 0.05) is 23.1 Å². The molecule has 0 spiro atoms. The molecule has 0 aliphatic heterocycles. The summed E-state index contributed by atoms with van der Waals surface area (Å²) in [5.74, 6) is -0.276. The van der Waals surface area contributed by atoms with Gasteiger partial charge in [0.15, 0.2) is 5.69 Å². The second kappa shape index (κ2) is 7.92. The molecule has 1 fully saturated rings. The van der Waals surface area contributed by atoms with Gasteiger partial charge < -0.3 is 10.6 Å². The van der Waals surface area contributed by atoms with E-state index in [1.807, 2.05) is 30.3 Å². The molecule has 0 radical (unpaired) electrons. The summed E-state index contributed by atoms with van der Waals surface area (Å²) < 4.78 is 0. The van der Waals surface area contributed by atoms with Gasteiger partial charge in [0.1, 0.15) is 11.8 Å². The molecule has 1 aromatic carbocycles. The zero-order chi connectivity index (χ0) is 22.1. The first-order valence-electron chi connectivity index (χ1n) is 10.0. The third kappa shape index (κ3) is 3.89. The first-order valence-corrected chi connectivity index (χ1v) is 10.0. The number of carbonyl (C=O) groups excluding carboxylic acids is 2. The largest absolute Gasteiger partial charge is 0.324 e. The molecule has 32 heavy (non-hydrogen) atoms. The van der Waals surface area contributed by atoms with E-state index in [1.54, 1.807) is 18.5 Å². The van der Waals surface area contributed by atoms with Crippen molar-refractivity contribution in [1.82, 2.24) is 20.2 Å². The van der Waals surface area contributed by atoms with Crippen molar-refractivity contribution in [2.24, 2.45) is 5.92 Å². The molecule has 156 valence electrons. The number of amides is 2. The highest BCUT2D eigenvalue weighted by atomic mass is 16.2. The van der Waals surface area contributed by atoms with Crippen LogP contribution >= 0.6 is 0 Å². The summed E-state index contributed by atoms with van der Waals surface area (Å²) in [6.07, 6.45) is 6.60. The fourth-order valence-electron chi connectivity index (χ4n) is 3.35. The van der Waals surface area contributed by atoms with Crippen LogP contribution in [0.4, 0.5) is 11.4 Å². The van der Waals surface area contributed by atoms with Crippen molar-refractivity contribution >= 4 is 34.1 Å². The monoisotopic (exact) mass is 423 g/mol. The minimum absolute atomic E-state index is 0.0190. The van der Waals surface area contributed by atoms with E-state index in [-0.39, 0.29) is 23.2 Å². The zero-order valence-corrected chi connectivity index (χ0v) is 16.8. The maximum Gasteiger partial charge on any atom is 0.276 e. The lowest BCUT2D eigenvalue weighted by Gasteiger charge is -2.07. The Bertz CT molecular complexity index is 1380. The standard InChI is InChI=1S/C23H17N7O2/c24-9-16-4-5-17(12-26-16)27-23(32)21-19-8-14(3-6-20(19)29-30-21)15-7-18(11-25-10-15)28-22(31)13-1-2-13/h3-8,10-13H,1-2H2,(H,27,32)(H,28,31)(H,29,30). The van der Waals surface area contributed by atoms with Crippen LogP contribution in [0.1, 0.15) is 29.0 Å². The summed E-state index contributed by atoms with van der Waals surface area (Å²) in [6, 6.07) is 12.5. The number of anilines is 2. The van der Waals surface area contributed by atoms with Crippen molar-refractivity contribution in [2.75, 3.05) is 10.6 Å². The van der Waals surface area contributed by atoms with E-state index in [0.29, 0.717) is 22.3 Å². The number of fused-ring (bicyclic) bond motifs is 1. The van der Waals surface area contributed by atoms with Gasteiger partial charge in [-0.25, -0.2) is 4.98 Å². The van der Waals surface area contributed by atoms with Crippen molar-refractivity contribution in [3.05, 3.63) is 66.4 Å². The number of rotatable bonds is 5. The normalized spacial score (nSPS) is 12.8. The van der Waals surface area contributed by atoms with Gasteiger partial charge in [-0.05, 0) is 48.7 Å². The molecule has 9 heteroatoms. The Morgan fingerprint density at radius 2 is 1.88 bits per heavy atom. The number of hydrogen-bond donors (Lipinski definition) is 3. The summed E-state index contributed by atoms with van der Waals surface area (Å²) in [6.45, 7) is 0. The average molecular weight is 423 g/mol. The summed E-state index contributed by atoms with van der Waals surface area (Å²) >= 11 is 0. The number of H-pyrrole nitrogens is 1. The van der Waals surface area contributed by atoms with Gasteiger partial charge in [-0.1, -0.05) is 6.07 Å². The zero-order valence-electron chi connectivity index (χ0n) is 16.8. The number of nitrogens with zero attached hydrogens (tertiary/aromatic N) is 4. The Hall–Kier alpha value is -4.58. The number of carbonyl (C=O) groups is 2. The van der Waals surface area contributed by atoms with Crippen molar-refractivity contribution in [2.45, 2.75) is 12.8 Å². The summed E-state index contributed by atoms with van der Waals surface area (Å²) in [5, 5.41) is 22.2. The molecule has 4 aromatic rings. The molecule has 3 N–H and O–H groups in total. The van der Waals surface area contributed by atoms with Gasteiger partial charge in [-0.2, -0.15) is 10.4 Å². The van der Waals surface area contributed by atoms with Crippen LogP contribution in [0.2, 0.25) is 0 Å². The number of aromatic amines is 1. The number of benzene rings is 1. The first-order chi connectivity index (χ1) is 15.6. The minimum Gasteiger partial charge on any atom is -0.324 e. The molecule has 1 aliphatic carbocycles. The van der Waals surface area contributed by atoms with Gasteiger partial charge in [-0.15, -0.1) is 0 Å². The Labute approximate surface area is 182 Å². The lowest BCUT2D eigenvalue weighted by Crippen LogP contribution is -2.13. The van der Waals surface area contributed by atoms with Crippen molar-refractivity contribution in [3.8, 4) is 17.2 Å². The fourth-order valence-corrected chi connectivity index (χ4v) is 3.35. The second-order valence-electron chi connectivity index (χ2n) is 7.56. The smallest absolute Gasteiger partial charge is 0.276 e. The molecule has 9 nitrogen and oxygen atoms in total.